The quantitative estimate of drug-likeness (QED) is 0.604. The summed E-state index contributed by atoms with van der Waals surface area (Å²) in [6.45, 7) is 11.8. The zero-order valence-corrected chi connectivity index (χ0v) is 15.4. The molecule has 2 aliphatic rings. The highest BCUT2D eigenvalue weighted by atomic mass is 15.1. The topological polar surface area (TPSA) is 8.88 Å². The second-order valence-electron chi connectivity index (χ2n) is 7.23. The highest BCUT2D eigenvalue weighted by molar-refractivity contribution is 5.18. The van der Waals surface area contributed by atoms with Gasteiger partial charge in [-0.2, -0.15) is 0 Å². The third-order valence-electron chi connectivity index (χ3n) is 5.09. The highest BCUT2D eigenvalue weighted by Gasteiger charge is 2.14. The zero-order chi connectivity index (χ0) is 16.5. The molecular weight excluding hydrogens is 280 g/mol. The summed E-state index contributed by atoms with van der Waals surface area (Å²) in [7, 11) is 0. The van der Waals surface area contributed by atoms with Crippen molar-refractivity contribution in [2.75, 3.05) is 26.2 Å². The van der Waals surface area contributed by atoms with Crippen molar-refractivity contribution in [1.29, 1.82) is 0 Å². The average molecular weight is 317 g/mol. The Kier molecular flexibility index (Phi) is 7.84. The standard InChI is InChI=1S/C21H34N2/c1-4-20-12-8-15-23(17-20)16-19(3)10-6-7-11-21-13-9-14-22(5-2)18-21/h8-9,12-13,17-19H,4-7,10-11,14-16H2,1-3H3/p+2. The van der Waals surface area contributed by atoms with Crippen molar-refractivity contribution in [2.24, 2.45) is 5.92 Å². The van der Waals surface area contributed by atoms with Crippen LogP contribution in [-0.2, 0) is 0 Å². The Labute approximate surface area is 143 Å². The fourth-order valence-corrected chi connectivity index (χ4v) is 3.60. The second-order valence-corrected chi connectivity index (χ2v) is 7.23. The Balaban J connectivity index is 1.63. The summed E-state index contributed by atoms with van der Waals surface area (Å²) in [5, 5.41) is 0. The van der Waals surface area contributed by atoms with Gasteiger partial charge < -0.3 is 9.80 Å². The van der Waals surface area contributed by atoms with Gasteiger partial charge in [0.15, 0.2) is 0 Å². The zero-order valence-electron chi connectivity index (χ0n) is 15.4. The minimum Gasteiger partial charge on any atom is -0.305 e. The Morgan fingerprint density at radius 2 is 1.65 bits per heavy atom. The molecule has 0 saturated carbocycles. The lowest BCUT2D eigenvalue weighted by molar-refractivity contribution is -0.845. The molecule has 2 aliphatic heterocycles. The summed E-state index contributed by atoms with van der Waals surface area (Å²) in [5.41, 5.74) is 3.04. The van der Waals surface area contributed by atoms with E-state index in [-0.39, 0.29) is 0 Å². The van der Waals surface area contributed by atoms with E-state index in [0.29, 0.717) is 0 Å². The summed E-state index contributed by atoms with van der Waals surface area (Å²) >= 11 is 0. The Morgan fingerprint density at radius 3 is 2.39 bits per heavy atom. The van der Waals surface area contributed by atoms with E-state index in [1.165, 1.54) is 50.9 Å². The van der Waals surface area contributed by atoms with Crippen LogP contribution in [-0.4, -0.2) is 26.2 Å². The monoisotopic (exact) mass is 316 g/mol. The van der Waals surface area contributed by atoms with E-state index in [1.807, 2.05) is 0 Å². The van der Waals surface area contributed by atoms with E-state index in [2.05, 4.69) is 57.5 Å². The fraction of sp³-hybridized carbons (Fsp3) is 0.619. The summed E-state index contributed by atoms with van der Waals surface area (Å²) < 4.78 is 0. The molecule has 128 valence electrons. The molecule has 0 aromatic rings. The van der Waals surface area contributed by atoms with Gasteiger partial charge in [-0.3, -0.25) is 0 Å². The first-order valence-corrected chi connectivity index (χ1v) is 9.64. The molecule has 0 aromatic carbocycles. The van der Waals surface area contributed by atoms with Crippen molar-refractivity contribution in [1.82, 2.24) is 0 Å². The van der Waals surface area contributed by atoms with Gasteiger partial charge >= 0.3 is 0 Å². The minimum absolute atomic E-state index is 0.819. The molecule has 23 heavy (non-hydrogen) atoms. The van der Waals surface area contributed by atoms with Gasteiger partial charge in [0.05, 0.1) is 25.5 Å². The predicted octanol–water partition coefficient (Wildman–Crippen LogP) is 2.29. The van der Waals surface area contributed by atoms with Gasteiger partial charge in [0, 0.05) is 17.1 Å². The molecular formula is C21H36N2+2. The van der Waals surface area contributed by atoms with E-state index in [4.69, 9.17) is 0 Å². The van der Waals surface area contributed by atoms with E-state index in [0.717, 1.165) is 18.9 Å². The molecule has 2 heterocycles. The van der Waals surface area contributed by atoms with Crippen LogP contribution in [0.15, 0.2) is 47.9 Å². The minimum atomic E-state index is 0.819. The van der Waals surface area contributed by atoms with Crippen molar-refractivity contribution in [3.05, 3.63) is 47.9 Å². The molecule has 0 fully saturated rings. The van der Waals surface area contributed by atoms with E-state index in [1.54, 1.807) is 15.4 Å². The average Bonchev–Trinajstić information content (AvgIpc) is 2.59. The van der Waals surface area contributed by atoms with Crippen LogP contribution in [0.25, 0.3) is 0 Å². The third kappa shape index (κ3) is 6.48. The largest absolute Gasteiger partial charge is 0.305 e. The number of allylic oxidation sites excluding steroid dienone is 4. The highest BCUT2D eigenvalue weighted by Crippen LogP contribution is 2.13. The molecule has 0 saturated heterocycles. The van der Waals surface area contributed by atoms with Crippen LogP contribution < -0.4 is 9.80 Å². The lowest BCUT2D eigenvalue weighted by atomic mass is 9.99. The normalized spacial score (nSPS) is 25.2. The number of nitrogens with one attached hydrogen (secondary N) is 2. The lowest BCUT2D eigenvalue weighted by Gasteiger charge is -2.21. The SMILES string of the molecule is CCC1=C[NH+](CC(C)CCCCC2=C[NH+](CC)CC=C2)CC=C1. The van der Waals surface area contributed by atoms with Crippen molar-refractivity contribution >= 4 is 0 Å². The lowest BCUT2D eigenvalue weighted by Crippen LogP contribution is -3.08. The van der Waals surface area contributed by atoms with Crippen LogP contribution in [0.2, 0.25) is 0 Å². The van der Waals surface area contributed by atoms with Crippen LogP contribution in [0.5, 0.6) is 0 Å². The molecule has 2 heteroatoms. The number of quaternary nitrogens is 2. The van der Waals surface area contributed by atoms with Gasteiger partial charge in [0.2, 0.25) is 0 Å². The molecule has 0 spiro atoms. The molecule has 0 amide bonds. The number of hydrogen-bond acceptors (Lipinski definition) is 0. The van der Waals surface area contributed by atoms with Crippen molar-refractivity contribution in [2.45, 2.75) is 52.9 Å². The molecule has 2 N–H and O–H groups in total. The summed E-state index contributed by atoms with van der Waals surface area (Å²) in [6, 6.07) is 0. The first-order valence-electron chi connectivity index (χ1n) is 9.64. The summed E-state index contributed by atoms with van der Waals surface area (Å²) in [6.07, 6.45) is 20.7. The molecule has 3 atom stereocenters. The first kappa shape index (κ1) is 18.2. The van der Waals surface area contributed by atoms with E-state index < -0.39 is 0 Å². The first-order chi connectivity index (χ1) is 11.2. The molecule has 2 nitrogen and oxygen atoms in total. The Morgan fingerprint density at radius 1 is 0.957 bits per heavy atom. The van der Waals surface area contributed by atoms with Crippen LogP contribution in [0.4, 0.5) is 0 Å². The number of hydrogen-bond donors (Lipinski definition) is 2. The molecule has 0 bridgehead atoms. The third-order valence-corrected chi connectivity index (χ3v) is 5.09. The van der Waals surface area contributed by atoms with Gasteiger partial charge in [-0.25, -0.2) is 0 Å². The van der Waals surface area contributed by atoms with Crippen LogP contribution >= 0.6 is 0 Å². The number of rotatable bonds is 9. The van der Waals surface area contributed by atoms with E-state index >= 15 is 0 Å². The van der Waals surface area contributed by atoms with Gasteiger partial charge in [0.25, 0.3) is 0 Å². The summed E-state index contributed by atoms with van der Waals surface area (Å²) in [4.78, 5) is 3.23. The molecule has 2 rings (SSSR count). The smallest absolute Gasteiger partial charge is 0.100 e. The summed E-state index contributed by atoms with van der Waals surface area (Å²) in [5.74, 6) is 0.819. The van der Waals surface area contributed by atoms with Crippen molar-refractivity contribution < 1.29 is 9.80 Å². The maximum Gasteiger partial charge on any atom is 0.100 e. The Bertz CT molecular complexity index is 470. The van der Waals surface area contributed by atoms with Gasteiger partial charge in [-0.05, 0) is 44.8 Å². The maximum absolute atomic E-state index is 2.44. The van der Waals surface area contributed by atoms with Crippen molar-refractivity contribution in [3.63, 3.8) is 0 Å². The van der Waals surface area contributed by atoms with Crippen molar-refractivity contribution in [3.8, 4) is 0 Å². The molecule has 0 aliphatic carbocycles. The predicted molar refractivity (Wildman–Crippen MR) is 99.4 cm³/mol. The van der Waals surface area contributed by atoms with Crippen LogP contribution in [0, 0.1) is 5.92 Å². The Hall–Kier alpha value is -1.12. The maximum atomic E-state index is 2.44. The molecule has 0 aromatic heterocycles. The molecule has 3 unspecified atom stereocenters. The van der Waals surface area contributed by atoms with Gasteiger partial charge in [0.1, 0.15) is 13.1 Å². The van der Waals surface area contributed by atoms with E-state index in [9.17, 15) is 0 Å². The van der Waals surface area contributed by atoms with Gasteiger partial charge in [-0.15, -0.1) is 0 Å². The number of likely N-dealkylation sites (N-methyl/N-ethyl adjacent to an activating group) is 1. The molecule has 0 radical (unpaired) electrons. The van der Waals surface area contributed by atoms with Crippen LogP contribution in [0.1, 0.15) is 52.9 Å². The second kappa shape index (κ2) is 9.89. The number of unbranched alkanes of at least 4 members (excludes halogenated alkanes) is 1. The van der Waals surface area contributed by atoms with Crippen LogP contribution in [0.3, 0.4) is 0 Å². The van der Waals surface area contributed by atoms with Gasteiger partial charge in [-0.1, -0.05) is 32.4 Å². The fourth-order valence-electron chi connectivity index (χ4n) is 3.60.